The van der Waals surface area contributed by atoms with Crippen LogP contribution in [-0.4, -0.2) is 39.7 Å². The molecule has 0 bridgehead atoms. The van der Waals surface area contributed by atoms with Crippen molar-refractivity contribution in [3.05, 3.63) is 131 Å². The number of fused-ring (bicyclic) bond motifs is 10. The van der Waals surface area contributed by atoms with Gasteiger partial charge in [0, 0.05) is 38.5 Å². The van der Waals surface area contributed by atoms with Gasteiger partial charge in [0.15, 0.2) is 5.60 Å². The van der Waals surface area contributed by atoms with Gasteiger partial charge in [-0.2, -0.15) is 0 Å². The Balaban J connectivity index is 1.23. The number of benzene rings is 5. The highest BCUT2D eigenvalue weighted by Gasteiger charge is 2.52. The Morgan fingerprint density at radius 3 is 2.18 bits per heavy atom. The molecule has 0 aromatic heterocycles. The van der Waals surface area contributed by atoms with Gasteiger partial charge >= 0.3 is 5.97 Å². The molecule has 6 nitrogen and oxygen atoms in total. The van der Waals surface area contributed by atoms with Crippen LogP contribution >= 0.6 is 11.8 Å². The fourth-order valence-electron chi connectivity index (χ4n) is 10.5. The van der Waals surface area contributed by atoms with Crippen molar-refractivity contribution in [3.8, 4) is 34.1 Å². The number of rotatable bonds is 10. The van der Waals surface area contributed by atoms with Crippen LogP contribution in [0.1, 0.15) is 85.6 Å². The maximum Gasteiger partial charge on any atom is 0.330 e. The second-order valence-corrected chi connectivity index (χ2v) is 16.9. The third-order valence-corrected chi connectivity index (χ3v) is 14.1. The minimum Gasteiger partial charge on any atom is -0.497 e. The number of esters is 1. The molecule has 5 aromatic carbocycles. The molecule has 0 radical (unpaired) electrons. The fourth-order valence-corrected chi connectivity index (χ4v) is 11.1. The van der Waals surface area contributed by atoms with Crippen molar-refractivity contribution in [2.24, 2.45) is 5.41 Å². The minimum atomic E-state index is -0.971. The molecule has 292 valence electrons. The van der Waals surface area contributed by atoms with Gasteiger partial charge in [-0.1, -0.05) is 80.4 Å². The zero-order chi connectivity index (χ0) is 39.2. The van der Waals surface area contributed by atoms with E-state index in [2.05, 4.69) is 85.7 Å². The molecule has 1 atom stereocenters. The zero-order valence-electron chi connectivity index (χ0n) is 33.2. The van der Waals surface area contributed by atoms with Crippen LogP contribution in [0.5, 0.6) is 23.0 Å². The number of carbonyl (C=O) groups is 1. The summed E-state index contributed by atoms with van der Waals surface area (Å²) in [4.78, 5) is 12.6. The van der Waals surface area contributed by atoms with Crippen LogP contribution in [0.2, 0.25) is 0 Å². The van der Waals surface area contributed by atoms with E-state index >= 15 is 0 Å². The minimum absolute atomic E-state index is 0.0981. The number of hydrogen-bond acceptors (Lipinski definition) is 7. The Morgan fingerprint density at radius 1 is 0.807 bits per heavy atom. The molecule has 4 aliphatic rings. The predicted molar refractivity (Wildman–Crippen MR) is 229 cm³/mol. The van der Waals surface area contributed by atoms with E-state index in [1.807, 2.05) is 24.3 Å². The van der Waals surface area contributed by atoms with Gasteiger partial charge in [-0.25, -0.2) is 4.79 Å². The fraction of sp³-hybridized carbons (Fsp3) is 0.340. The van der Waals surface area contributed by atoms with Gasteiger partial charge in [0.1, 0.15) is 36.2 Å². The summed E-state index contributed by atoms with van der Waals surface area (Å²) < 4.78 is 30.4. The van der Waals surface area contributed by atoms with Crippen LogP contribution in [0.25, 0.3) is 28.0 Å². The van der Waals surface area contributed by atoms with E-state index in [1.165, 1.54) is 78.1 Å². The van der Waals surface area contributed by atoms with E-state index in [9.17, 15) is 4.79 Å². The summed E-state index contributed by atoms with van der Waals surface area (Å²) >= 11 is 1.72. The lowest BCUT2D eigenvalue weighted by molar-refractivity contribution is -0.138. The monoisotopic (exact) mass is 778 g/mol. The summed E-state index contributed by atoms with van der Waals surface area (Å²) in [5, 5.41) is 2.25. The van der Waals surface area contributed by atoms with E-state index < -0.39 is 11.6 Å². The number of ether oxygens (including phenoxy) is 5. The Morgan fingerprint density at radius 2 is 1.51 bits per heavy atom. The largest absolute Gasteiger partial charge is 0.497 e. The molecule has 9 rings (SSSR count). The molecular formula is C50H50O6S. The van der Waals surface area contributed by atoms with Crippen molar-refractivity contribution in [2.75, 3.05) is 33.7 Å². The zero-order valence-corrected chi connectivity index (χ0v) is 34.0. The van der Waals surface area contributed by atoms with Crippen molar-refractivity contribution < 1.29 is 28.5 Å². The highest BCUT2D eigenvalue weighted by Crippen LogP contribution is 2.65. The maximum atomic E-state index is 11.5. The molecule has 2 fully saturated rings. The highest BCUT2D eigenvalue weighted by molar-refractivity contribution is 7.98. The first-order chi connectivity index (χ1) is 27.9. The Labute approximate surface area is 340 Å². The molecular weight excluding hydrogens is 729 g/mol. The molecule has 0 amide bonds. The quantitative estimate of drug-likeness (QED) is 0.0605. The summed E-state index contributed by atoms with van der Waals surface area (Å²) in [7, 11) is 3.44. The normalized spacial score (nSPS) is 19.6. The molecule has 0 N–H and O–H groups in total. The number of methoxy groups -OCH3 is 2. The number of thioether (sulfide) groups is 1. The molecule has 3 aliphatic carbocycles. The van der Waals surface area contributed by atoms with Crippen LogP contribution in [-0.2, 0) is 20.5 Å². The lowest BCUT2D eigenvalue weighted by Gasteiger charge is -2.48. The first-order valence-electron chi connectivity index (χ1n) is 20.3. The molecule has 1 aliphatic heterocycles. The smallest absolute Gasteiger partial charge is 0.330 e. The standard InChI is InChI=1S/C50H50O6S/c1-5-44(51)55-30-29-54-36-19-15-34(16-20-36)50(33-13-17-35(52-2)18-14-33)24-21-38-46-45(39-32-43(57-4)42(53-3)31-40(39)47(38)56-50)37-11-7-8-12-41(37)49(46)27-25-48(26-28-49)22-9-6-10-23-48/h5,7-8,11-21,24,31-32H,1,6,9-10,22-23,25-30H2,2-4H3. The third-order valence-electron chi connectivity index (χ3n) is 13.4. The lowest BCUT2D eigenvalue weighted by Crippen LogP contribution is -2.39. The van der Waals surface area contributed by atoms with Gasteiger partial charge < -0.3 is 23.7 Å². The van der Waals surface area contributed by atoms with Crippen molar-refractivity contribution in [1.29, 1.82) is 0 Å². The van der Waals surface area contributed by atoms with Crippen LogP contribution in [0.15, 0.2) is 109 Å². The van der Waals surface area contributed by atoms with Gasteiger partial charge in [-0.15, -0.1) is 11.8 Å². The SMILES string of the molecule is C=CC(=O)OCCOc1ccc(C2(c3ccc(OC)cc3)C=Cc3c4c(c5cc(SC)c(OC)cc5c3O2)-c2ccccc2C42CCC3(CCCCC3)CC2)cc1. The second-order valence-electron chi connectivity index (χ2n) is 16.1. The van der Waals surface area contributed by atoms with Crippen molar-refractivity contribution in [3.63, 3.8) is 0 Å². The van der Waals surface area contributed by atoms with Crippen molar-refractivity contribution >= 4 is 34.6 Å². The van der Waals surface area contributed by atoms with E-state index in [-0.39, 0.29) is 18.6 Å². The average Bonchev–Trinajstić information content (AvgIpc) is 3.55. The molecule has 57 heavy (non-hydrogen) atoms. The van der Waals surface area contributed by atoms with Gasteiger partial charge in [-0.3, -0.25) is 0 Å². The highest BCUT2D eigenvalue weighted by atomic mass is 32.2. The summed E-state index contributed by atoms with van der Waals surface area (Å²) in [5.41, 5.74) is 8.11. The molecule has 1 unspecified atom stereocenters. The molecule has 1 heterocycles. The van der Waals surface area contributed by atoms with E-state index in [0.717, 1.165) is 57.6 Å². The van der Waals surface area contributed by atoms with E-state index in [0.29, 0.717) is 11.2 Å². The van der Waals surface area contributed by atoms with Crippen LogP contribution in [0.3, 0.4) is 0 Å². The van der Waals surface area contributed by atoms with Crippen LogP contribution in [0, 0.1) is 5.41 Å². The van der Waals surface area contributed by atoms with Gasteiger partial charge in [0.25, 0.3) is 0 Å². The molecule has 2 spiro atoms. The van der Waals surface area contributed by atoms with Crippen molar-refractivity contribution in [2.45, 2.75) is 73.7 Å². The van der Waals surface area contributed by atoms with Crippen molar-refractivity contribution in [1.82, 2.24) is 0 Å². The third kappa shape index (κ3) is 6.21. The van der Waals surface area contributed by atoms with Gasteiger partial charge in [0.05, 0.1) is 14.2 Å². The first kappa shape index (κ1) is 37.4. The molecule has 0 saturated heterocycles. The lowest BCUT2D eigenvalue weighted by atomic mass is 9.56. The molecule has 7 heteroatoms. The van der Waals surface area contributed by atoms with Crippen LogP contribution in [0.4, 0.5) is 0 Å². The van der Waals surface area contributed by atoms with E-state index in [4.69, 9.17) is 23.7 Å². The topological polar surface area (TPSA) is 63.2 Å². The van der Waals surface area contributed by atoms with Crippen LogP contribution < -0.4 is 18.9 Å². The molecule has 2 saturated carbocycles. The second kappa shape index (κ2) is 15.0. The maximum absolute atomic E-state index is 11.5. The number of carbonyl (C=O) groups excluding carboxylic acids is 1. The summed E-state index contributed by atoms with van der Waals surface area (Å²) in [6.45, 7) is 3.82. The van der Waals surface area contributed by atoms with E-state index in [1.54, 1.807) is 26.0 Å². The van der Waals surface area contributed by atoms with Gasteiger partial charge in [-0.05, 0) is 120 Å². The van der Waals surface area contributed by atoms with Gasteiger partial charge in [0.2, 0.25) is 0 Å². The number of hydrogen-bond donors (Lipinski definition) is 0. The molecule has 5 aromatic rings. The summed E-state index contributed by atoms with van der Waals surface area (Å²) in [6, 6.07) is 30.0. The summed E-state index contributed by atoms with van der Waals surface area (Å²) in [5.74, 6) is 2.69. The predicted octanol–water partition coefficient (Wildman–Crippen LogP) is 11.8. The summed E-state index contributed by atoms with van der Waals surface area (Å²) in [6.07, 6.45) is 19.5. The first-order valence-corrected chi connectivity index (χ1v) is 21.5. The Kier molecular flexibility index (Phi) is 9.84. The average molecular weight is 779 g/mol. The Hall–Kier alpha value is -5.14. The Bertz CT molecular complexity index is 2360.